The molecule has 2 aliphatic rings. The molecular formula is C19H16FN3O4S. The summed E-state index contributed by atoms with van der Waals surface area (Å²) in [6.45, 7) is 0.168. The highest BCUT2D eigenvalue weighted by molar-refractivity contribution is 8.15. The molecule has 2 aromatic rings. The van der Waals surface area contributed by atoms with Crippen molar-refractivity contribution in [2.45, 2.75) is 11.7 Å². The third-order valence-electron chi connectivity index (χ3n) is 4.24. The van der Waals surface area contributed by atoms with E-state index in [0.717, 1.165) is 0 Å². The zero-order chi connectivity index (χ0) is 19.7. The summed E-state index contributed by atoms with van der Waals surface area (Å²) in [6.07, 6.45) is -0.0810. The number of rotatable bonds is 4. The van der Waals surface area contributed by atoms with Crippen molar-refractivity contribution in [2.75, 3.05) is 19.2 Å². The van der Waals surface area contributed by atoms with E-state index in [9.17, 15) is 14.0 Å². The molecule has 1 unspecified atom stereocenters. The summed E-state index contributed by atoms with van der Waals surface area (Å²) < 4.78 is 24.3. The number of hydrogen-bond acceptors (Lipinski definition) is 6. The zero-order valence-corrected chi connectivity index (χ0v) is 15.7. The Morgan fingerprint density at radius 1 is 1.29 bits per heavy atom. The quantitative estimate of drug-likeness (QED) is 0.851. The lowest BCUT2D eigenvalue weighted by Crippen LogP contribution is -2.30. The Morgan fingerprint density at radius 3 is 2.89 bits per heavy atom. The highest BCUT2D eigenvalue weighted by Gasteiger charge is 2.37. The summed E-state index contributed by atoms with van der Waals surface area (Å²) in [5, 5.41) is 2.36. The van der Waals surface area contributed by atoms with Gasteiger partial charge < -0.3 is 14.8 Å². The van der Waals surface area contributed by atoms with Crippen LogP contribution in [0.1, 0.15) is 6.42 Å². The van der Waals surface area contributed by atoms with Crippen LogP contribution >= 0.6 is 11.8 Å². The van der Waals surface area contributed by atoms with Gasteiger partial charge in [0.15, 0.2) is 16.7 Å². The van der Waals surface area contributed by atoms with Crippen LogP contribution in [0.3, 0.4) is 0 Å². The molecule has 0 aromatic heterocycles. The van der Waals surface area contributed by atoms with Crippen molar-refractivity contribution in [1.82, 2.24) is 4.90 Å². The average Bonchev–Trinajstić information content (AvgIpc) is 3.24. The molecule has 0 bridgehead atoms. The van der Waals surface area contributed by atoms with Crippen molar-refractivity contribution in [1.29, 1.82) is 0 Å². The van der Waals surface area contributed by atoms with Crippen LogP contribution in [-0.2, 0) is 9.59 Å². The standard InChI is InChI=1S/C19H16FN3O4S/c1-23-18(25)16(9-17(24)22-13-5-3-2-4-12(13)20)28-19(23)21-11-6-7-14-15(8-11)27-10-26-14/h2-8,16H,9-10H2,1H3,(H,22,24). The van der Waals surface area contributed by atoms with Gasteiger partial charge in [0.25, 0.3) is 0 Å². The number of fused-ring (bicyclic) bond motifs is 1. The van der Waals surface area contributed by atoms with Crippen LogP contribution < -0.4 is 14.8 Å². The fourth-order valence-corrected chi connectivity index (χ4v) is 3.95. The molecule has 144 valence electrons. The average molecular weight is 401 g/mol. The Bertz CT molecular complexity index is 981. The number of benzene rings is 2. The fraction of sp³-hybridized carbons (Fsp3) is 0.211. The van der Waals surface area contributed by atoms with Gasteiger partial charge in [-0.1, -0.05) is 23.9 Å². The van der Waals surface area contributed by atoms with Gasteiger partial charge in [-0.15, -0.1) is 0 Å². The molecule has 9 heteroatoms. The van der Waals surface area contributed by atoms with Crippen molar-refractivity contribution < 1.29 is 23.5 Å². The molecule has 1 atom stereocenters. The first kappa shape index (κ1) is 18.3. The third kappa shape index (κ3) is 3.65. The van der Waals surface area contributed by atoms with Gasteiger partial charge in [0, 0.05) is 19.5 Å². The van der Waals surface area contributed by atoms with Crippen LogP contribution in [0, 0.1) is 5.82 Å². The molecule has 1 N–H and O–H groups in total. The van der Waals surface area contributed by atoms with E-state index < -0.39 is 17.0 Å². The summed E-state index contributed by atoms with van der Waals surface area (Å²) in [5.41, 5.74) is 0.702. The summed E-state index contributed by atoms with van der Waals surface area (Å²) in [6, 6.07) is 11.1. The van der Waals surface area contributed by atoms with Crippen LogP contribution in [0.4, 0.5) is 15.8 Å². The highest BCUT2D eigenvalue weighted by Crippen LogP contribution is 2.37. The monoisotopic (exact) mass is 401 g/mol. The van der Waals surface area contributed by atoms with Crippen molar-refractivity contribution in [3.05, 3.63) is 48.3 Å². The Morgan fingerprint density at radius 2 is 2.07 bits per heavy atom. The molecule has 2 amide bonds. The lowest BCUT2D eigenvalue weighted by atomic mass is 10.2. The number of amidine groups is 1. The van der Waals surface area contributed by atoms with Crippen molar-refractivity contribution >= 4 is 40.1 Å². The predicted molar refractivity (Wildman–Crippen MR) is 103 cm³/mol. The molecule has 2 aliphatic heterocycles. The number of carbonyl (C=O) groups excluding carboxylic acids is 2. The number of hydrogen-bond donors (Lipinski definition) is 1. The van der Waals surface area contributed by atoms with Gasteiger partial charge in [-0.05, 0) is 24.3 Å². The van der Waals surface area contributed by atoms with E-state index in [0.29, 0.717) is 22.4 Å². The molecular weight excluding hydrogens is 385 g/mol. The largest absolute Gasteiger partial charge is 0.454 e. The summed E-state index contributed by atoms with van der Waals surface area (Å²) in [7, 11) is 1.61. The van der Waals surface area contributed by atoms with E-state index >= 15 is 0 Å². The number of carbonyl (C=O) groups is 2. The number of halogens is 1. The van der Waals surface area contributed by atoms with E-state index in [1.165, 1.54) is 34.9 Å². The normalized spacial score (nSPS) is 19.4. The molecule has 7 nitrogen and oxygen atoms in total. The second-order valence-electron chi connectivity index (χ2n) is 6.17. The maximum Gasteiger partial charge on any atom is 0.242 e. The van der Waals surface area contributed by atoms with Crippen LogP contribution in [0.25, 0.3) is 0 Å². The molecule has 28 heavy (non-hydrogen) atoms. The van der Waals surface area contributed by atoms with E-state index in [-0.39, 0.29) is 24.8 Å². The van der Waals surface area contributed by atoms with Gasteiger partial charge in [0.2, 0.25) is 18.6 Å². The van der Waals surface area contributed by atoms with Gasteiger partial charge >= 0.3 is 0 Å². The van der Waals surface area contributed by atoms with E-state index in [1.54, 1.807) is 31.3 Å². The number of nitrogens with one attached hydrogen (secondary N) is 1. The van der Waals surface area contributed by atoms with Gasteiger partial charge in [0.1, 0.15) is 11.1 Å². The Kier molecular flexibility index (Phi) is 4.91. The van der Waals surface area contributed by atoms with Crippen molar-refractivity contribution in [3.63, 3.8) is 0 Å². The van der Waals surface area contributed by atoms with E-state index in [1.807, 2.05) is 0 Å². The van der Waals surface area contributed by atoms with Gasteiger partial charge in [-0.2, -0.15) is 0 Å². The Labute approximate surface area is 164 Å². The molecule has 0 aliphatic carbocycles. The second kappa shape index (κ2) is 7.51. The number of ether oxygens (including phenoxy) is 2. The number of para-hydroxylation sites is 1. The number of amides is 2. The number of aliphatic imine (C=N–C) groups is 1. The molecule has 0 spiro atoms. The number of anilines is 1. The van der Waals surface area contributed by atoms with E-state index in [4.69, 9.17) is 9.47 Å². The second-order valence-corrected chi connectivity index (χ2v) is 7.34. The first-order valence-electron chi connectivity index (χ1n) is 8.48. The van der Waals surface area contributed by atoms with Crippen LogP contribution in [-0.4, -0.2) is 41.0 Å². The Balaban J connectivity index is 1.45. The van der Waals surface area contributed by atoms with Crippen LogP contribution in [0.15, 0.2) is 47.5 Å². The van der Waals surface area contributed by atoms with E-state index in [2.05, 4.69) is 10.3 Å². The lowest BCUT2D eigenvalue weighted by Gasteiger charge is -2.09. The van der Waals surface area contributed by atoms with Gasteiger partial charge in [-0.25, -0.2) is 9.38 Å². The summed E-state index contributed by atoms with van der Waals surface area (Å²) in [4.78, 5) is 30.6. The molecule has 2 heterocycles. The summed E-state index contributed by atoms with van der Waals surface area (Å²) >= 11 is 1.20. The smallest absolute Gasteiger partial charge is 0.242 e. The van der Waals surface area contributed by atoms with Crippen molar-refractivity contribution in [2.24, 2.45) is 4.99 Å². The third-order valence-corrected chi connectivity index (χ3v) is 5.47. The molecule has 1 fully saturated rings. The molecule has 0 radical (unpaired) electrons. The topological polar surface area (TPSA) is 80.2 Å². The lowest BCUT2D eigenvalue weighted by molar-refractivity contribution is -0.127. The minimum atomic E-state index is -0.621. The maximum absolute atomic E-state index is 13.7. The highest BCUT2D eigenvalue weighted by atomic mass is 32.2. The molecule has 4 rings (SSSR count). The fourth-order valence-electron chi connectivity index (χ4n) is 2.79. The SMILES string of the molecule is CN1C(=O)C(CC(=O)Nc2ccccc2F)SC1=Nc1ccc2c(c1)OCO2. The molecule has 1 saturated heterocycles. The first-order valence-corrected chi connectivity index (χ1v) is 9.36. The Hall–Kier alpha value is -3.07. The predicted octanol–water partition coefficient (Wildman–Crippen LogP) is 3.14. The van der Waals surface area contributed by atoms with Gasteiger partial charge in [0.05, 0.1) is 11.4 Å². The number of thioether (sulfide) groups is 1. The maximum atomic E-state index is 13.7. The minimum Gasteiger partial charge on any atom is -0.454 e. The minimum absolute atomic E-state index is 0.0810. The van der Waals surface area contributed by atoms with Crippen LogP contribution in [0.5, 0.6) is 11.5 Å². The first-order chi connectivity index (χ1) is 13.5. The molecule has 0 saturated carbocycles. The van der Waals surface area contributed by atoms with Crippen LogP contribution in [0.2, 0.25) is 0 Å². The van der Waals surface area contributed by atoms with Gasteiger partial charge in [-0.3, -0.25) is 14.5 Å². The summed E-state index contributed by atoms with van der Waals surface area (Å²) in [5.74, 6) is 0.0556. The number of nitrogens with zero attached hydrogens (tertiary/aromatic N) is 2. The zero-order valence-electron chi connectivity index (χ0n) is 14.8. The van der Waals surface area contributed by atoms with Crippen molar-refractivity contribution in [3.8, 4) is 11.5 Å². The molecule has 2 aromatic carbocycles.